The number of nitrogens with two attached hydrogens (primary N) is 1. The second-order valence-corrected chi connectivity index (χ2v) is 7.03. The van der Waals surface area contributed by atoms with Crippen molar-refractivity contribution in [3.63, 3.8) is 0 Å². The lowest BCUT2D eigenvalue weighted by atomic mass is 10.1. The van der Waals surface area contributed by atoms with Gasteiger partial charge in [-0.15, -0.1) is 5.11 Å². The number of amides is 1. The summed E-state index contributed by atoms with van der Waals surface area (Å²) in [6, 6.07) is 10.4. The third-order valence-electron chi connectivity index (χ3n) is 4.49. The molecular weight excluding hydrogens is 382 g/mol. The molecule has 0 unspecified atom stereocenters. The van der Waals surface area contributed by atoms with Gasteiger partial charge in [0.2, 0.25) is 0 Å². The molecule has 1 amide bonds. The first-order valence-electron chi connectivity index (χ1n) is 10.5. The number of aromatic hydroxyl groups is 1. The molecule has 8 nitrogen and oxygen atoms in total. The predicted octanol–water partition coefficient (Wildman–Crippen LogP) is 6.47. The summed E-state index contributed by atoms with van der Waals surface area (Å²) in [5.74, 6) is -0.312. The van der Waals surface area contributed by atoms with Gasteiger partial charge in [0.05, 0.1) is 12.3 Å². The number of hydrogen-bond acceptors (Lipinski definition) is 7. The minimum atomic E-state index is -0.682. The van der Waals surface area contributed by atoms with Gasteiger partial charge in [-0.2, -0.15) is 5.11 Å². The minimum Gasteiger partial charge on any atom is -0.504 e. The van der Waals surface area contributed by atoms with Gasteiger partial charge in [0.15, 0.2) is 17.4 Å². The van der Waals surface area contributed by atoms with Crippen molar-refractivity contribution in [1.82, 2.24) is 4.98 Å². The first-order chi connectivity index (χ1) is 14.6. The maximum absolute atomic E-state index is 11.9. The van der Waals surface area contributed by atoms with Crippen LogP contribution in [0.15, 0.2) is 46.6 Å². The molecule has 0 aliphatic heterocycles. The van der Waals surface area contributed by atoms with Crippen molar-refractivity contribution < 1.29 is 14.6 Å². The first kappa shape index (κ1) is 23.1. The average molecular weight is 414 g/mol. The predicted molar refractivity (Wildman–Crippen MR) is 119 cm³/mol. The third kappa shape index (κ3) is 8.46. The maximum Gasteiger partial charge on any atom is 0.412 e. The van der Waals surface area contributed by atoms with Gasteiger partial charge in [-0.25, -0.2) is 9.78 Å². The molecule has 4 N–H and O–H groups in total. The van der Waals surface area contributed by atoms with Crippen molar-refractivity contribution in [2.75, 3.05) is 17.7 Å². The molecule has 1 heterocycles. The Bertz CT molecular complexity index is 812. The monoisotopic (exact) mass is 413 g/mol. The summed E-state index contributed by atoms with van der Waals surface area (Å²) < 4.78 is 5.14. The highest BCUT2D eigenvalue weighted by molar-refractivity contribution is 5.86. The summed E-state index contributed by atoms with van der Waals surface area (Å²) in [4.78, 5) is 15.9. The normalized spacial score (nSPS) is 11.0. The fraction of sp³-hybridized carbons (Fsp3) is 0.455. The van der Waals surface area contributed by atoms with Crippen LogP contribution in [0.3, 0.4) is 0 Å². The van der Waals surface area contributed by atoms with Crippen LogP contribution in [-0.4, -0.2) is 22.8 Å². The third-order valence-corrected chi connectivity index (χ3v) is 4.49. The molecule has 0 spiro atoms. The Morgan fingerprint density at radius 1 is 1.07 bits per heavy atom. The molecule has 0 radical (unpaired) electrons. The molecular formula is C22H31N5O3. The van der Waals surface area contributed by atoms with Gasteiger partial charge in [0.25, 0.3) is 0 Å². The quantitative estimate of drug-likeness (QED) is 0.272. The molecule has 0 atom stereocenters. The lowest BCUT2D eigenvalue weighted by Crippen LogP contribution is -2.15. The van der Waals surface area contributed by atoms with Crippen LogP contribution < -0.4 is 11.1 Å². The van der Waals surface area contributed by atoms with E-state index < -0.39 is 6.09 Å². The van der Waals surface area contributed by atoms with Crippen LogP contribution in [0.4, 0.5) is 27.8 Å². The number of nitrogen functional groups attached to an aromatic ring is 1. The van der Waals surface area contributed by atoms with Gasteiger partial charge in [-0.1, -0.05) is 70.1 Å². The summed E-state index contributed by atoms with van der Waals surface area (Å²) in [6.45, 7) is 2.53. The van der Waals surface area contributed by atoms with E-state index in [2.05, 4.69) is 27.5 Å². The summed E-state index contributed by atoms with van der Waals surface area (Å²) >= 11 is 0. The van der Waals surface area contributed by atoms with Crippen LogP contribution in [0.1, 0.15) is 58.3 Å². The summed E-state index contributed by atoms with van der Waals surface area (Å²) in [5, 5.41) is 20.5. The van der Waals surface area contributed by atoms with E-state index >= 15 is 0 Å². The number of nitrogens with zero attached hydrogens (tertiary/aromatic N) is 3. The molecule has 1 aromatic heterocycles. The number of unbranched alkanes of at least 4 members (excludes halogenated alkanes) is 7. The van der Waals surface area contributed by atoms with E-state index in [-0.39, 0.29) is 23.1 Å². The van der Waals surface area contributed by atoms with Crippen molar-refractivity contribution in [1.29, 1.82) is 0 Å². The standard InChI is InChI=1S/C22H31N5O3/c1-2-3-4-5-6-7-8-12-15-30-22(29)25-21-19(28)16-18(20(23)24-21)27-26-17-13-10-9-11-14-17/h9-11,13-14,16,28H,2-8,12,15H2,1H3,(H3,23,24,25,29). The van der Waals surface area contributed by atoms with Crippen LogP contribution in [0.5, 0.6) is 5.75 Å². The zero-order valence-electron chi connectivity index (χ0n) is 17.5. The SMILES string of the molecule is CCCCCCCCCCOC(=O)Nc1nc(N)c(N=Nc2ccccc2)cc1O. The molecule has 0 bridgehead atoms. The number of rotatable bonds is 12. The highest BCUT2D eigenvalue weighted by atomic mass is 16.5. The number of pyridine rings is 1. The molecule has 1 aromatic carbocycles. The summed E-state index contributed by atoms with van der Waals surface area (Å²) in [6.07, 6.45) is 8.62. The van der Waals surface area contributed by atoms with Crippen molar-refractivity contribution in [3.05, 3.63) is 36.4 Å². The fourth-order valence-electron chi connectivity index (χ4n) is 2.82. The summed E-state index contributed by atoms with van der Waals surface area (Å²) in [5.41, 5.74) is 6.71. The van der Waals surface area contributed by atoms with E-state index in [1.165, 1.54) is 38.2 Å². The molecule has 0 aliphatic carbocycles. The number of hydrogen-bond donors (Lipinski definition) is 3. The van der Waals surface area contributed by atoms with Gasteiger partial charge in [0.1, 0.15) is 5.69 Å². The Morgan fingerprint density at radius 2 is 1.73 bits per heavy atom. The number of carbonyl (C=O) groups is 1. The number of anilines is 2. The highest BCUT2D eigenvalue weighted by Crippen LogP contribution is 2.32. The first-order valence-corrected chi connectivity index (χ1v) is 10.5. The van der Waals surface area contributed by atoms with Crippen molar-refractivity contribution >= 4 is 29.1 Å². The highest BCUT2D eigenvalue weighted by Gasteiger charge is 2.13. The second-order valence-electron chi connectivity index (χ2n) is 7.03. The number of carbonyl (C=O) groups excluding carboxylic acids is 1. The molecule has 0 saturated heterocycles. The van der Waals surface area contributed by atoms with E-state index in [0.29, 0.717) is 12.3 Å². The van der Waals surface area contributed by atoms with E-state index in [4.69, 9.17) is 10.5 Å². The van der Waals surface area contributed by atoms with Gasteiger partial charge < -0.3 is 15.6 Å². The van der Waals surface area contributed by atoms with Crippen molar-refractivity contribution in [3.8, 4) is 5.75 Å². The van der Waals surface area contributed by atoms with Crippen molar-refractivity contribution in [2.45, 2.75) is 58.3 Å². The second kappa shape index (κ2) is 13.1. The van der Waals surface area contributed by atoms with Crippen LogP contribution in [0.2, 0.25) is 0 Å². The zero-order valence-corrected chi connectivity index (χ0v) is 17.5. The zero-order chi connectivity index (χ0) is 21.6. The Kier molecular flexibility index (Phi) is 10.1. The van der Waals surface area contributed by atoms with Crippen LogP contribution in [0, 0.1) is 0 Å². The summed E-state index contributed by atoms with van der Waals surface area (Å²) in [7, 11) is 0. The van der Waals surface area contributed by atoms with Gasteiger partial charge in [-0.05, 0) is 18.6 Å². The van der Waals surface area contributed by atoms with Crippen LogP contribution in [0.25, 0.3) is 0 Å². The van der Waals surface area contributed by atoms with Gasteiger partial charge in [-0.3, -0.25) is 5.32 Å². The van der Waals surface area contributed by atoms with E-state index in [9.17, 15) is 9.90 Å². The van der Waals surface area contributed by atoms with E-state index in [0.717, 1.165) is 19.3 Å². The van der Waals surface area contributed by atoms with Crippen LogP contribution in [-0.2, 0) is 4.74 Å². The maximum atomic E-state index is 11.9. The number of nitrogens with one attached hydrogen (secondary N) is 1. The molecule has 162 valence electrons. The molecule has 0 aliphatic rings. The lowest BCUT2D eigenvalue weighted by Gasteiger charge is -2.09. The molecule has 0 fully saturated rings. The Labute approximate surface area is 177 Å². The Hall–Kier alpha value is -3.16. The molecule has 2 rings (SSSR count). The van der Waals surface area contributed by atoms with Crippen LogP contribution >= 0.6 is 0 Å². The molecule has 2 aromatic rings. The number of benzene rings is 1. The average Bonchev–Trinajstić information content (AvgIpc) is 2.74. The van der Waals surface area contributed by atoms with Gasteiger partial charge in [0, 0.05) is 6.07 Å². The number of ether oxygens (including phenoxy) is 1. The molecule has 0 saturated carbocycles. The topological polar surface area (TPSA) is 122 Å². The van der Waals surface area contributed by atoms with E-state index in [1.807, 2.05) is 18.2 Å². The van der Waals surface area contributed by atoms with Crippen molar-refractivity contribution in [2.24, 2.45) is 10.2 Å². The smallest absolute Gasteiger partial charge is 0.412 e. The van der Waals surface area contributed by atoms with Gasteiger partial charge >= 0.3 is 6.09 Å². The fourth-order valence-corrected chi connectivity index (χ4v) is 2.82. The molecule has 8 heteroatoms. The Balaban J connectivity index is 1.75. The largest absolute Gasteiger partial charge is 0.504 e. The van der Waals surface area contributed by atoms with E-state index in [1.54, 1.807) is 12.1 Å². The minimum absolute atomic E-state index is 0.0332. The number of aromatic nitrogens is 1. The molecule has 30 heavy (non-hydrogen) atoms. The number of azo groups is 1. The lowest BCUT2D eigenvalue weighted by molar-refractivity contribution is 0.159. The Morgan fingerprint density at radius 3 is 2.43 bits per heavy atom.